The van der Waals surface area contributed by atoms with Crippen molar-refractivity contribution >= 4 is 22.8 Å². The van der Waals surface area contributed by atoms with Crippen molar-refractivity contribution in [3.05, 3.63) is 99.8 Å². The smallest absolute Gasteiger partial charge is 0.267 e. The van der Waals surface area contributed by atoms with Crippen LogP contribution >= 0.6 is 0 Å². The Labute approximate surface area is 192 Å². The number of amides is 1. The Morgan fingerprint density at radius 3 is 2.52 bits per heavy atom. The van der Waals surface area contributed by atoms with Crippen LogP contribution in [0.5, 0.6) is 0 Å². The summed E-state index contributed by atoms with van der Waals surface area (Å²) in [5, 5.41) is 3.45. The van der Waals surface area contributed by atoms with Crippen LogP contribution < -0.4 is 15.8 Å². The first-order valence-electron chi connectivity index (χ1n) is 11.3. The van der Waals surface area contributed by atoms with E-state index in [-0.39, 0.29) is 11.5 Å². The van der Waals surface area contributed by atoms with Gasteiger partial charge in [0.25, 0.3) is 11.5 Å². The molecule has 6 heteroatoms. The van der Waals surface area contributed by atoms with Gasteiger partial charge in [-0.25, -0.2) is 9.55 Å². The van der Waals surface area contributed by atoms with E-state index < -0.39 is 0 Å². The topological polar surface area (TPSA) is 67.2 Å². The summed E-state index contributed by atoms with van der Waals surface area (Å²) in [5.41, 5.74) is 3.83. The minimum atomic E-state index is -0.187. The van der Waals surface area contributed by atoms with E-state index in [2.05, 4.69) is 10.2 Å². The van der Waals surface area contributed by atoms with Gasteiger partial charge in [0.05, 0.1) is 16.6 Å². The monoisotopic (exact) mass is 438 g/mol. The van der Waals surface area contributed by atoms with E-state index in [0.717, 1.165) is 42.7 Å². The van der Waals surface area contributed by atoms with Crippen molar-refractivity contribution in [2.45, 2.75) is 26.3 Å². The number of fused-ring (bicyclic) bond motifs is 1. The van der Waals surface area contributed by atoms with Crippen LogP contribution in [0.3, 0.4) is 0 Å². The van der Waals surface area contributed by atoms with Gasteiger partial charge in [-0.1, -0.05) is 42.5 Å². The molecule has 1 aromatic heterocycles. The number of aryl methyl sites for hydroxylation is 1. The lowest BCUT2D eigenvalue weighted by Gasteiger charge is -2.22. The van der Waals surface area contributed by atoms with Gasteiger partial charge in [-0.2, -0.15) is 0 Å². The third kappa shape index (κ3) is 4.24. The van der Waals surface area contributed by atoms with E-state index in [1.807, 2.05) is 61.5 Å². The van der Waals surface area contributed by atoms with E-state index in [1.54, 1.807) is 22.8 Å². The fraction of sp³-hybridized carbons (Fsp3) is 0.222. The molecule has 0 radical (unpaired) electrons. The zero-order valence-electron chi connectivity index (χ0n) is 18.6. The number of hydrogen-bond acceptors (Lipinski definition) is 4. The molecule has 0 atom stereocenters. The van der Waals surface area contributed by atoms with Gasteiger partial charge in [-0.3, -0.25) is 9.59 Å². The molecule has 0 aliphatic carbocycles. The average molecular weight is 439 g/mol. The van der Waals surface area contributed by atoms with E-state index in [1.165, 1.54) is 0 Å². The minimum absolute atomic E-state index is 0.122. The van der Waals surface area contributed by atoms with Crippen molar-refractivity contribution in [1.29, 1.82) is 0 Å². The molecule has 3 aromatic carbocycles. The third-order valence-electron chi connectivity index (χ3n) is 6.06. The zero-order valence-corrected chi connectivity index (χ0v) is 18.6. The molecular formula is C27H26N4O2. The van der Waals surface area contributed by atoms with Gasteiger partial charge < -0.3 is 10.2 Å². The average Bonchev–Trinajstić information content (AvgIpc) is 3.38. The number of carbonyl (C=O) groups excluding carboxylic acids is 1. The van der Waals surface area contributed by atoms with Crippen molar-refractivity contribution in [3.63, 3.8) is 0 Å². The van der Waals surface area contributed by atoms with Crippen molar-refractivity contribution in [3.8, 4) is 5.69 Å². The normalized spacial score (nSPS) is 13.4. The summed E-state index contributed by atoms with van der Waals surface area (Å²) < 4.78 is 1.70. The lowest BCUT2D eigenvalue weighted by atomic mass is 10.1. The highest BCUT2D eigenvalue weighted by molar-refractivity contribution is 5.97. The summed E-state index contributed by atoms with van der Waals surface area (Å²) >= 11 is 0. The predicted octanol–water partition coefficient (Wildman–Crippen LogP) is 4.22. The quantitative estimate of drug-likeness (QED) is 0.507. The van der Waals surface area contributed by atoms with Crippen molar-refractivity contribution < 1.29 is 4.79 Å². The number of aromatic nitrogens is 2. The maximum atomic E-state index is 13.6. The summed E-state index contributed by atoms with van der Waals surface area (Å²) in [5.74, 6) is 0.450. The molecule has 1 aliphatic rings. The van der Waals surface area contributed by atoms with Gasteiger partial charge >= 0.3 is 0 Å². The molecule has 33 heavy (non-hydrogen) atoms. The number of carbonyl (C=O) groups is 1. The maximum Gasteiger partial charge on any atom is 0.267 e. The van der Waals surface area contributed by atoms with E-state index in [9.17, 15) is 9.59 Å². The number of rotatable bonds is 5. The van der Waals surface area contributed by atoms with Crippen molar-refractivity contribution in [2.75, 3.05) is 18.0 Å². The van der Waals surface area contributed by atoms with Gasteiger partial charge in [0.15, 0.2) is 0 Å². The predicted molar refractivity (Wildman–Crippen MR) is 131 cm³/mol. The van der Waals surface area contributed by atoms with Gasteiger partial charge in [0, 0.05) is 25.2 Å². The molecule has 0 spiro atoms. The Kier molecular flexibility index (Phi) is 5.65. The third-order valence-corrected chi connectivity index (χ3v) is 6.06. The van der Waals surface area contributed by atoms with Crippen LogP contribution in [0.4, 0.5) is 5.95 Å². The van der Waals surface area contributed by atoms with Crippen LogP contribution in [0.2, 0.25) is 0 Å². The first-order valence-corrected chi connectivity index (χ1v) is 11.3. The van der Waals surface area contributed by atoms with Gasteiger partial charge in [-0.15, -0.1) is 0 Å². The second kappa shape index (κ2) is 8.90. The number of nitrogens with one attached hydrogen (secondary N) is 1. The number of hydrogen-bond donors (Lipinski definition) is 1. The molecule has 1 saturated heterocycles. The highest BCUT2D eigenvalue weighted by atomic mass is 16.1. The zero-order chi connectivity index (χ0) is 22.8. The minimum Gasteiger partial charge on any atom is -0.348 e. The van der Waals surface area contributed by atoms with Gasteiger partial charge in [0.2, 0.25) is 5.95 Å². The summed E-state index contributed by atoms with van der Waals surface area (Å²) in [6.07, 6.45) is 2.15. The van der Waals surface area contributed by atoms with Crippen LogP contribution in [0.15, 0.2) is 77.6 Å². The molecule has 0 bridgehead atoms. The lowest BCUT2D eigenvalue weighted by molar-refractivity contribution is 0.0951. The molecule has 1 N–H and O–H groups in total. The van der Waals surface area contributed by atoms with Crippen molar-refractivity contribution in [2.24, 2.45) is 0 Å². The molecule has 4 aromatic rings. The first-order chi connectivity index (χ1) is 16.1. The van der Waals surface area contributed by atoms with Crippen LogP contribution in [0.1, 0.15) is 34.3 Å². The molecule has 6 nitrogen and oxygen atoms in total. The maximum absolute atomic E-state index is 13.6. The van der Waals surface area contributed by atoms with E-state index in [0.29, 0.717) is 29.0 Å². The van der Waals surface area contributed by atoms with Crippen LogP contribution in [-0.2, 0) is 6.54 Å². The fourth-order valence-electron chi connectivity index (χ4n) is 4.32. The highest BCUT2D eigenvalue weighted by Gasteiger charge is 2.21. The second-order valence-corrected chi connectivity index (χ2v) is 8.49. The number of nitrogens with zero attached hydrogens (tertiary/aromatic N) is 3. The van der Waals surface area contributed by atoms with Crippen molar-refractivity contribution in [1.82, 2.24) is 14.9 Å². The molecule has 1 fully saturated rings. The van der Waals surface area contributed by atoms with Crippen LogP contribution in [0.25, 0.3) is 16.6 Å². The number of anilines is 1. The Morgan fingerprint density at radius 1 is 0.970 bits per heavy atom. The molecular weight excluding hydrogens is 412 g/mol. The summed E-state index contributed by atoms with van der Waals surface area (Å²) in [7, 11) is 0. The molecule has 1 aliphatic heterocycles. The Bertz CT molecular complexity index is 1370. The molecule has 1 amide bonds. The van der Waals surface area contributed by atoms with Gasteiger partial charge in [0.1, 0.15) is 0 Å². The van der Waals surface area contributed by atoms with E-state index >= 15 is 0 Å². The molecule has 0 saturated carbocycles. The largest absolute Gasteiger partial charge is 0.348 e. The molecule has 166 valence electrons. The SMILES string of the molecule is Cc1cccc(-n2c(N3CCCC3)nc3cc(C(=O)NCc4ccccc4)ccc3c2=O)c1. The molecule has 5 rings (SSSR count). The fourth-order valence-corrected chi connectivity index (χ4v) is 4.32. The van der Waals surface area contributed by atoms with Gasteiger partial charge in [-0.05, 0) is 61.2 Å². The first kappa shape index (κ1) is 20.9. The Hall–Kier alpha value is -3.93. The Morgan fingerprint density at radius 2 is 1.76 bits per heavy atom. The van der Waals surface area contributed by atoms with E-state index in [4.69, 9.17) is 4.98 Å². The molecule has 2 heterocycles. The lowest BCUT2D eigenvalue weighted by Crippen LogP contribution is -2.30. The highest BCUT2D eigenvalue weighted by Crippen LogP contribution is 2.24. The summed E-state index contributed by atoms with van der Waals surface area (Å²) in [6.45, 7) is 4.18. The standard InChI is InChI=1S/C27H26N4O2/c1-19-8-7-11-22(16-19)31-26(33)23-13-12-21(25(32)28-18-20-9-3-2-4-10-20)17-24(23)29-27(31)30-14-5-6-15-30/h2-4,7-13,16-17H,5-6,14-15,18H2,1H3,(H,28,32). The summed E-state index contributed by atoms with van der Waals surface area (Å²) in [4.78, 5) is 33.4. The van der Waals surface area contributed by atoms with Crippen LogP contribution in [-0.4, -0.2) is 28.5 Å². The summed E-state index contributed by atoms with van der Waals surface area (Å²) in [6, 6.07) is 22.8. The molecule has 0 unspecified atom stereocenters. The Balaban J connectivity index is 1.56. The second-order valence-electron chi connectivity index (χ2n) is 8.49. The number of benzene rings is 3. The van der Waals surface area contributed by atoms with Crippen LogP contribution in [0, 0.1) is 6.92 Å².